The molecule has 1 atom stereocenters. The van der Waals surface area contributed by atoms with E-state index in [9.17, 15) is 0 Å². The standard InChI is InChI=1S/C22H17Cl2N3/c1-14(15-5-3-2-4-6-15)25-22-19-12-11-18(24)13-20(19)26-21(27-22)16-7-9-17(23)10-8-16/h2-14H,1H3,(H,25,26,27)/t14-/m1/s1. The minimum Gasteiger partial charge on any atom is -0.363 e. The van der Waals surface area contributed by atoms with E-state index >= 15 is 0 Å². The lowest BCUT2D eigenvalue weighted by molar-refractivity contribution is 0.876. The lowest BCUT2D eigenvalue weighted by Gasteiger charge is -2.17. The first-order chi connectivity index (χ1) is 13.1. The van der Waals surface area contributed by atoms with E-state index in [2.05, 4.69) is 24.4 Å². The fraction of sp³-hybridized carbons (Fsp3) is 0.0909. The van der Waals surface area contributed by atoms with Crippen LogP contribution in [0.3, 0.4) is 0 Å². The smallest absolute Gasteiger partial charge is 0.162 e. The summed E-state index contributed by atoms with van der Waals surface area (Å²) in [7, 11) is 0. The Morgan fingerprint density at radius 1 is 0.815 bits per heavy atom. The minimum atomic E-state index is 0.0954. The van der Waals surface area contributed by atoms with E-state index in [1.54, 1.807) is 0 Å². The van der Waals surface area contributed by atoms with Crippen LogP contribution in [0, 0.1) is 0 Å². The molecular weight excluding hydrogens is 377 g/mol. The third-order valence-electron chi connectivity index (χ3n) is 4.41. The van der Waals surface area contributed by atoms with Crippen LogP contribution < -0.4 is 5.32 Å². The first kappa shape index (κ1) is 17.8. The van der Waals surface area contributed by atoms with E-state index in [1.807, 2.05) is 60.7 Å². The van der Waals surface area contributed by atoms with E-state index in [0.717, 1.165) is 22.3 Å². The number of fused-ring (bicyclic) bond motifs is 1. The zero-order valence-electron chi connectivity index (χ0n) is 14.7. The molecule has 5 heteroatoms. The first-order valence-electron chi connectivity index (χ1n) is 8.65. The van der Waals surface area contributed by atoms with Crippen LogP contribution >= 0.6 is 23.2 Å². The van der Waals surface area contributed by atoms with E-state index in [-0.39, 0.29) is 6.04 Å². The SMILES string of the molecule is C[C@@H](Nc1nc(-c2ccc(Cl)cc2)nc2cc(Cl)ccc12)c1ccccc1. The molecule has 0 radical (unpaired) electrons. The summed E-state index contributed by atoms with van der Waals surface area (Å²) in [5.41, 5.74) is 2.88. The van der Waals surface area contributed by atoms with Crippen molar-refractivity contribution in [3.63, 3.8) is 0 Å². The van der Waals surface area contributed by atoms with Gasteiger partial charge in [0.2, 0.25) is 0 Å². The van der Waals surface area contributed by atoms with Crippen LogP contribution in [0.2, 0.25) is 10.0 Å². The molecule has 4 rings (SSSR count). The van der Waals surface area contributed by atoms with Gasteiger partial charge in [0.1, 0.15) is 5.82 Å². The number of halogens is 2. The fourth-order valence-electron chi connectivity index (χ4n) is 2.97. The molecule has 1 aromatic heterocycles. The van der Waals surface area contributed by atoms with Crippen molar-refractivity contribution < 1.29 is 0 Å². The fourth-order valence-corrected chi connectivity index (χ4v) is 3.26. The first-order valence-corrected chi connectivity index (χ1v) is 9.40. The van der Waals surface area contributed by atoms with Crippen molar-refractivity contribution in [2.45, 2.75) is 13.0 Å². The van der Waals surface area contributed by atoms with Crippen LogP contribution in [0.5, 0.6) is 0 Å². The van der Waals surface area contributed by atoms with Gasteiger partial charge in [0.05, 0.1) is 5.52 Å². The molecule has 3 nitrogen and oxygen atoms in total. The molecule has 134 valence electrons. The Morgan fingerprint density at radius 3 is 2.26 bits per heavy atom. The number of benzene rings is 3. The second-order valence-corrected chi connectivity index (χ2v) is 7.21. The molecule has 0 amide bonds. The monoisotopic (exact) mass is 393 g/mol. The quantitative estimate of drug-likeness (QED) is 0.415. The second kappa shape index (κ2) is 7.55. The Balaban J connectivity index is 1.81. The molecule has 0 saturated carbocycles. The van der Waals surface area contributed by atoms with Crippen molar-refractivity contribution in [1.82, 2.24) is 9.97 Å². The van der Waals surface area contributed by atoms with E-state index in [4.69, 9.17) is 33.2 Å². The highest BCUT2D eigenvalue weighted by atomic mass is 35.5. The Bertz CT molecular complexity index is 1080. The normalized spacial score (nSPS) is 12.1. The van der Waals surface area contributed by atoms with Gasteiger partial charge in [-0.25, -0.2) is 9.97 Å². The molecule has 0 aliphatic heterocycles. The molecule has 3 aromatic carbocycles. The predicted molar refractivity (Wildman–Crippen MR) is 113 cm³/mol. The number of anilines is 1. The molecule has 0 bridgehead atoms. The maximum absolute atomic E-state index is 6.19. The van der Waals surface area contributed by atoms with Gasteiger partial charge in [0.25, 0.3) is 0 Å². The van der Waals surface area contributed by atoms with Crippen molar-refractivity contribution in [3.05, 3.63) is 88.4 Å². The maximum atomic E-state index is 6.19. The summed E-state index contributed by atoms with van der Waals surface area (Å²) in [6, 6.07) is 23.5. The molecule has 1 heterocycles. The molecule has 0 aliphatic carbocycles. The molecule has 0 aliphatic rings. The van der Waals surface area contributed by atoms with Crippen LogP contribution in [0.1, 0.15) is 18.5 Å². The van der Waals surface area contributed by atoms with Crippen LogP contribution in [0.15, 0.2) is 72.8 Å². The highest BCUT2D eigenvalue weighted by Crippen LogP contribution is 2.30. The summed E-state index contributed by atoms with van der Waals surface area (Å²) in [5, 5.41) is 5.78. The van der Waals surface area contributed by atoms with Gasteiger partial charge in [-0.3, -0.25) is 0 Å². The zero-order chi connectivity index (χ0) is 18.8. The molecule has 0 saturated heterocycles. The van der Waals surface area contributed by atoms with Gasteiger partial charge in [0.15, 0.2) is 5.82 Å². The lowest BCUT2D eigenvalue weighted by Crippen LogP contribution is -2.09. The van der Waals surface area contributed by atoms with Crippen molar-refractivity contribution in [1.29, 1.82) is 0 Å². The van der Waals surface area contributed by atoms with Gasteiger partial charge < -0.3 is 5.32 Å². The summed E-state index contributed by atoms with van der Waals surface area (Å²) < 4.78 is 0. The number of rotatable bonds is 4. The molecule has 0 fully saturated rings. The second-order valence-electron chi connectivity index (χ2n) is 6.34. The van der Waals surface area contributed by atoms with Crippen molar-refractivity contribution in [2.24, 2.45) is 0 Å². The molecule has 4 aromatic rings. The Morgan fingerprint density at radius 2 is 1.52 bits per heavy atom. The summed E-state index contributed by atoms with van der Waals surface area (Å²) >= 11 is 12.2. The third-order valence-corrected chi connectivity index (χ3v) is 4.90. The Labute approximate surface area is 168 Å². The van der Waals surface area contributed by atoms with Crippen LogP contribution in [-0.2, 0) is 0 Å². The maximum Gasteiger partial charge on any atom is 0.162 e. The average molecular weight is 394 g/mol. The number of hydrogen-bond acceptors (Lipinski definition) is 3. The van der Waals surface area contributed by atoms with Gasteiger partial charge in [0, 0.05) is 27.0 Å². The van der Waals surface area contributed by atoms with Crippen molar-refractivity contribution in [2.75, 3.05) is 5.32 Å². The highest BCUT2D eigenvalue weighted by molar-refractivity contribution is 6.31. The highest BCUT2D eigenvalue weighted by Gasteiger charge is 2.13. The number of aromatic nitrogens is 2. The van der Waals surface area contributed by atoms with Crippen LogP contribution in [-0.4, -0.2) is 9.97 Å². The van der Waals surface area contributed by atoms with Crippen LogP contribution in [0.4, 0.5) is 5.82 Å². The van der Waals surface area contributed by atoms with Gasteiger partial charge in [-0.1, -0.05) is 53.5 Å². The molecule has 0 unspecified atom stereocenters. The number of hydrogen-bond donors (Lipinski definition) is 1. The Hall–Kier alpha value is -2.62. The van der Waals surface area contributed by atoms with Gasteiger partial charge in [-0.15, -0.1) is 0 Å². The number of nitrogens with zero attached hydrogens (tertiary/aromatic N) is 2. The van der Waals surface area contributed by atoms with Crippen molar-refractivity contribution in [3.8, 4) is 11.4 Å². The van der Waals surface area contributed by atoms with E-state index in [1.165, 1.54) is 5.56 Å². The average Bonchev–Trinajstić information content (AvgIpc) is 2.68. The minimum absolute atomic E-state index is 0.0954. The van der Waals surface area contributed by atoms with E-state index in [0.29, 0.717) is 15.9 Å². The number of nitrogens with one attached hydrogen (secondary N) is 1. The lowest BCUT2D eigenvalue weighted by atomic mass is 10.1. The van der Waals surface area contributed by atoms with Crippen molar-refractivity contribution >= 4 is 39.9 Å². The van der Waals surface area contributed by atoms with Gasteiger partial charge in [-0.05, 0) is 55.0 Å². The van der Waals surface area contributed by atoms with Gasteiger partial charge >= 0.3 is 0 Å². The summed E-state index contributed by atoms with van der Waals surface area (Å²) in [6.07, 6.45) is 0. The van der Waals surface area contributed by atoms with Crippen LogP contribution in [0.25, 0.3) is 22.3 Å². The van der Waals surface area contributed by atoms with E-state index < -0.39 is 0 Å². The molecule has 27 heavy (non-hydrogen) atoms. The largest absolute Gasteiger partial charge is 0.363 e. The summed E-state index contributed by atoms with van der Waals surface area (Å²) in [4.78, 5) is 9.49. The Kier molecular flexibility index (Phi) is 4.97. The summed E-state index contributed by atoms with van der Waals surface area (Å²) in [5.74, 6) is 1.40. The molecule has 0 spiro atoms. The van der Waals surface area contributed by atoms with Gasteiger partial charge in [-0.2, -0.15) is 0 Å². The molecule has 1 N–H and O–H groups in total. The topological polar surface area (TPSA) is 37.8 Å². The third kappa shape index (κ3) is 3.90. The molecular formula is C22H17Cl2N3. The zero-order valence-corrected chi connectivity index (χ0v) is 16.2. The summed E-state index contributed by atoms with van der Waals surface area (Å²) in [6.45, 7) is 2.11. The predicted octanol–water partition coefficient (Wildman–Crippen LogP) is 6.78.